The third kappa shape index (κ3) is 8.96. The van der Waals surface area contributed by atoms with Gasteiger partial charge in [0, 0.05) is 106 Å². The van der Waals surface area contributed by atoms with E-state index in [1.54, 1.807) is 96.9 Å². The molecule has 79 heavy (non-hydrogen) atoms. The molecule has 19 nitrogen and oxygen atoms in total. The number of benzene rings is 4. The third-order valence-corrected chi connectivity index (χ3v) is 18.0. The Morgan fingerprint density at radius 3 is 1.51 bits per heavy atom. The van der Waals surface area contributed by atoms with Crippen molar-refractivity contribution in [2.45, 2.75) is 48.9 Å². The van der Waals surface area contributed by atoms with E-state index >= 15 is 0 Å². The first-order valence-electron chi connectivity index (χ1n) is 25.5. The Bertz CT molecular complexity index is 4580. The fourth-order valence-corrected chi connectivity index (χ4v) is 13.6. The molecule has 0 aliphatic carbocycles. The van der Waals surface area contributed by atoms with Gasteiger partial charge in [-0.25, -0.2) is 34.7 Å². The standard InChI is InChI=1S/C30H32N6O4S.C28H25N5O4S/c1-19-6-9-23(10-7-19)41(38,39)36-28(13-25-29-20(14-31-30(25)36)15-32-34(29)4)26-18-35(17-21(37)16-33(2)3)27-11-8-22(40-5)12-24(26)27;1-17-4-7-21(8-5-17)38(34,35)33-26(11-23-27-18(12-29-28(23)33)13-30-31(27)2)24-15-32(14-20-16-37-20)25-9-6-19(36-3)10-22(24)25/h6-15,18,21,37H,16-17H2,1-5H3;4-13,15,20H,14,16H2,1-3H3. The predicted octanol–water partition coefficient (Wildman–Crippen LogP) is 8.52. The van der Waals surface area contributed by atoms with E-state index in [9.17, 15) is 21.9 Å². The van der Waals surface area contributed by atoms with Crippen LogP contribution < -0.4 is 9.47 Å². The van der Waals surface area contributed by atoms with Crippen LogP contribution >= 0.6 is 0 Å². The van der Waals surface area contributed by atoms with Crippen LogP contribution in [-0.4, -0.2) is 127 Å². The maximum Gasteiger partial charge on any atom is 0.269 e. The summed E-state index contributed by atoms with van der Waals surface area (Å²) in [4.78, 5) is 11.6. The molecule has 1 aliphatic heterocycles. The van der Waals surface area contributed by atoms with E-state index in [1.165, 1.54) is 7.94 Å². The van der Waals surface area contributed by atoms with Crippen molar-refractivity contribution >= 4 is 85.7 Å². The first-order chi connectivity index (χ1) is 37.9. The molecule has 0 radical (unpaired) electrons. The number of ether oxygens (including phenoxy) is 3. The molecule has 21 heteroatoms. The number of fused-ring (bicyclic) bond motifs is 8. The number of likely N-dealkylation sites (N-methyl/N-ethyl adjacent to an activating group) is 1. The molecule has 404 valence electrons. The second-order valence-corrected chi connectivity index (χ2v) is 24.0. The highest BCUT2D eigenvalue weighted by molar-refractivity contribution is 7.90. The van der Waals surface area contributed by atoms with Gasteiger partial charge in [-0.3, -0.25) is 9.36 Å². The van der Waals surface area contributed by atoms with Gasteiger partial charge in [-0.15, -0.1) is 0 Å². The van der Waals surface area contributed by atoms with Crippen molar-refractivity contribution in [1.82, 2.24) is 51.5 Å². The smallest absolute Gasteiger partial charge is 0.269 e. The first kappa shape index (κ1) is 51.4. The highest BCUT2D eigenvalue weighted by Gasteiger charge is 2.32. The van der Waals surface area contributed by atoms with Crippen molar-refractivity contribution in [2.24, 2.45) is 14.1 Å². The van der Waals surface area contributed by atoms with Crippen molar-refractivity contribution in [3.05, 3.63) is 145 Å². The second-order valence-electron chi connectivity index (χ2n) is 20.4. The second kappa shape index (κ2) is 19.5. The minimum Gasteiger partial charge on any atom is -0.497 e. The fraction of sp³-hybridized carbons (Fsp3) is 0.241. The molecule has 2 unspecified atom stereocenters. The van der Waals surface area contributed by atoms with Gasteiger partial charge < -0.3 is 33.4 Å². The Morgan fingerprint density at radius 1 is 0.633 bits per heavy atom. The number of hydrogen-bond donors (Lipinski definition) is 1. The summed E-state index contributed by atoms with van der Waals surface area (Å²) in [5.41, 5.74) is 8.47. The van der Waals surface area contributed by atoms with Gasteiger partial charge >= 0.3 is 0 Å². The summed E-state index contributed by atoms with van der Waals surface area (Å²) in [5.74, 6) is 1.33. The lowest BCUT2D eigenvalue weighted by Crippen LogP contribution is -2.29. The molecule has 13 rings (SSSR count). The van der Waals surface area contributed by atoms with Gasteiger partial charge in [0.15, 0.2) is 11.3 Å². The summed E-state index contributed by atoms with van der Waals surface area (Å²) in [5, 5.41) is 24.3. The molecule has 2 atom stereocenters. The molecule has 9 heterocycles. The Kier molecular flexibility index (Phi) is 12.7. The van der Waals surface area contributed by atoms with Gasteiger partial charge in [0.05, 0.1) is 84.2 Å². The van der Waals surface area contributed by atoms with Gasteiger partial charge in [-0.1, -0.05) is 35.4 Å². The minimum absolute atomic E-state index is 0.151. The van der Waals surface area contributed by atoms with Crippen LogP contribution in [0.2, 0.25) is 0 Å². The largest absolute Gasteiger partial charge is 0.497 e. The van der Waals surface area contributed by atoms with Crippen molar-refractivity contribution in [1.29, 1.82) is 0 Å². The van der Waals surface area contributed by atoms with Crippen LogP contribution in [0.4, 0.5) is 0 Å². The van der Waals surface area contributed by atoms with Crippen molar-refractivity contribution in [3.63, 3.8) is 0 Å². The Hall–Kier alpha value is -8.34. The quantitative estimate of drug-likeness (QED) is 0.102. The zero-order chi connectivity index (χ0) is 55.2. The van der Waals surface area contributed by atoms with Crippen LogP contribution in [-0.2, 0) is 52.0 Å². The number of pyridine rings is 2. The fourth-order valence-electron chi connectivity index (χ4n) is 10.7. The molecule has 8 aromatic heterocycles. The summed E-state index contributed by atoms with van der Waals surface area (Å²) in [6, 6.07) is 29.0. The number of rotatable bonds is 14. The molecule has 1 N–H and O–H groups in total. The van der Waals surface area contributed by atoms with Gasteiger partial charge in [0.1, 0.15) is 11.5 Å². The van der Waals surface area contributed by atoms with Crippen LogP contribution in [0.15, 0.2) is 144 Å². The molecule has 1 saturated heterocycles. The Labute approximate surface area is 455 Å². The Balaban J connectivity index is 0.000000158. The van der Waals surface area contributed by atoms with E-state index in [0.717, 1.165) is 66.9 Å². The number of aliphatic hydroxyl groups excluding tert-OH is 1. The minimum atomic E-state index is -4.07. The van der Waals surface area contributed by atoms with E-state index in [0.29, 0.717) is 70.2 Å². The number of aromatic nitrogens is 10. The average Bonchev–Trinajstić information content (AvgIpc) is 3.83. The number of aryl methyl sites for hydroxylation is 4. The molecule has 0 saturated carbocycles. The summed E-state index contributed by atoms with van der Waals surface area (Å²) >= 11 is 0. The van der Waals surface area contributed by atoms with E-state index in [1.807, 2.05) is 112 Å². The third-order valence-electron chi connectivity index (χ3n) is 14.6. The number of hydrogen-bond acceptors (Lipinski definition) is 13. The highest BCUT2D eigenvalue weighted by atomic mass is 32.2. The SMILES string of the molecule is COc1ccc2c(c1)c(-c1cc3c4c(cnc3n1S(=O)(=O)c1ccc(C)cc1)cnn4C)cn2CC(O)CN(C)C.COc1ccc2c(c1)c(-c1cc3c4c(cnc3n1S(=O)(=O)c1ccc(C)cc1)cnn4C)cn2CC1CO1. The molecule has 1 aliphatic rings. The molecule has 0 amide bonds. The van der Waals surface area contributed by atoms with E-state index in [2.05, 4.69) is 24.7 Å². The zero-order valence-corrected chi connectivity index (χ0v) is 46.4. The number of epoxide rings is 1. The number of nitrogens with zero attached hydrogens (tertiary/aromatic N) is 11. The van der Waals surface area contributed by atoms with E-state index in [-0.39, 0.29) is 15.9 Å². The van der Waals surface area contributed by atoms with Crippen molar-refractivity contribution < 1.29 is 36.2 Å². The molecular weight excluding hydrogens is 1040 g/mol. The lowest BCUT2D eigenvalue weighted by Gasteiger charge is -2.17. The number of aliphatic hydroxyl groups is 1. The van der Waals surface area contributed by atoms with Crippen LogP contribution in [0.25, 0.3) is 88.2 Å². The van der Waals surface area contributed by atoms with Gasteiger partial charge in [0.25, 0.3) is 20.0 Å². The monoisotopic (exact) mass is 1100 g/mol. The van der Waals surface area contributed by atoms with Crippen LogP contribution in [0.5, 0.6) is 11.5 Å². The predicted molar refractivity (Wildman–Crippen MR) is 305 cm³/mol. The first-order valence-corrected chi connectivity index (χ1v) is 28.4. The molecule has 12 aromatic rings. The summed E-state index contributed by atoms with van der Waals surface area (Å²) < 4.78 is 84.1. The summed E-state index contributed by atoms with van der Waals surface area (Å²) in [6.45, 7) is 6.05. The molecular formula is C58H57N11O8S2. The Morgan fingerprint density at radius 2 is 1.08 bits per heavy atom. The average molecular weight is 1100 g/mol. The van der Waals surface area contributed by atoms with Crippen molar-refractivity contribution in [2.75, 3.05) is 41.5 Å². The normalized spacial score (nSPS) is 14.3. The summed E-state index contributed by atoms with van der Waals surface area (Å²) in [7, 11) is 2.64. The van der Waals surface area contributed by atoms with Gasteiger partial charge in [-0.2, -0.15) is 10.2 Å². The lowest BCUT2D eigenvalue weighted by molar-refractivity contribution is 0.121. The lowest BCUT2D eigenvalue weighted by atomic mass is 10.1. The van der Waals surface area contributed by atoms with E-state index < -0.39 is 26.2 Å². The van der Waals surface area contributed by atoms with E-state index in [4.69, 9.17) is 14.2 Å². The van der Waals surface area contributed by atoms with Crippen LogP contribution in [0.1, 0.15) is 11.1 Å². The maximum atomic E-state index is 14.4. The molecule has 4 aromatic carbocycles. The van der Waals surface area contributed by atoms with Gasteiger partial charge in [-0.05, 0) is 101 Å². The molecule has 0 bridgehead atoms. The van der Waals surface area contributed by atoms with Gasteiger partial charge in [0.2, 0.25) is 0 Å². The molecule has 1 fully saturated rings. The van der Waals surface area contributed by atoms with Crippen LogP contribution in [0, 0.1) is 13.8 Å². The zero-order valence-electron chi connectivity index (χ0n) is 44.7. The topological polar surface area (TPSA) is 204 Å². The van der Waals surface area contributed by atoms with Crippen LogP contribution in [0.3, 0.4) is 0 Å². The highest BCUT2D eigenvalue weighted by Crippen LogP contribution is 2.42. The van der Waals surface area contributed by atoms with Crippen molar-refractivity contribution in [3.8, 4) is 34.0 Å². The maximum absolute atomic E-state index is 14.4. The summed E-state index contributed by atoms with van der Waals surface area (Å²) in [6.07, 6.45) is 10.2. The number of methoxy groups -OCH3 is 2. The molecule has 0 spiro atoms.